The Bertz CT molecular complexity index is 1570. The van der Waals surface area contributed by atoms with E-state index < -0.39 is 0 Å². The number of thiazole rings is 1. The van der Waals surface area contributed by atoms with Crippen LogP contribution >= 0.6 is 23.1 Å². The quantitative estimate of drug-likeness (QED) is 0.329. The molecular weight excluding hydrogens is 516 g/mol. The van der Waals surface area contributed by atoms with Crippen molar-refractivity contribution in [1.82, 2.24) is 20.2 Å². The van der Waals surface area contributed by atoms with Gasteiger partial charge in [-0.2, -0.15) is 5.26 Å². The van der Waals surface area contributed by atoms with Crippen molar-refractivity contribution in [2.45, 2.75) is 35.7 Å². The lowest BCUT2D eigenvalue weighted by atomic mass is 10.1. The van der Waals surface area contributed by atoms with E-state index in [1.54, 1.807) is 35.2 Å². The van der Waals surface area contributed by atoms with Gasteiger partial charge in [-0.05, 0) is 80.5 Å². The predicted molar refractivity (Wildman–Crippen MR) is 150 cm³/mol. The molecule has 1 fully saturated rings. The highest BCUT2D eigenvalue weighted by atomic mass is 32.2. The first-order valence-corrected chi connectivity index (χ1v) is 13.9. The smallest absolute Gasteiger partial charge is 0.256 e. The number of benzene rings is 2. The number of pyridine rings is 1. The van der Waals surface area contributed by atoms with Crippen LogP contribution in [0.1, 0.15) is 50.4 Å². The van der Waals surface area contributed by atoms with Gasteiger partial charge in [0.15, 0.2) is 4.34 Å². The number of rotatable bonds is 7. The number of hydrogen-bond donors (Lipinski definition) is 2. The van der Waals surface area contributed by atoms with Crippen molar-refractivity contribution >= 4 is 50.8 Å². The van der Waals surface area contributed by atoms with Crippen molar-refractivity contribution in [2.24, 2.45) is 0 Å². The number of carbonyl (C=O) groups is 2. The first-order valence-electron chi connectivity index (χ1n) is 12.3. The zero-order chi connectivity index (χ0) is 26.6. The molecule has 5 rings (SSSR count). The van der Waals surface area contributed by atoms with Crippen LogP contribution in [-0.2, 0) is 6.54 Å². The second-order valence-electron chi connectivity index (χ2n) is 9.01. The van der Waals surface area contributed by atoms with Gasteiger partial charge >= 0.3 is 0 Å². The summed E-state index contributed by atoms with van der Waals surface area (Å²) in [6.07, 6.45) is 1.98. The van der Waals surface area contributed by atoms with Gasteiger partial charge in [0.05, 0.1) is 26.9 Å². The second-order valence-corrected chi connectivity index (χ2v) is 11.3. The summed E-state index contributed by atoms with van der Waals surface area (Å²) < 4.78 is 1.66. The van der Waals surface area contributed by atoms with Gasteiger partial charge in [0, 0.05) is 31.0 Å². The molecule has 4 aromatic rings. The van der Waals surface area contributed by atoms with Gasteiger partial charge in [-0.3, -0.25) is 9.59 Å². The van der Waals surface area contributed by atoms with Gasteiger partial charge in [-0.25, -0.2) is 9.97 Å². The normalized spacial score (nSPS) is 13.0. The molecule has 0 radical (unpaired) electrons. The van der Waals surface area contributed by atoms with Crippen LogP contribution in [0.15, 0.2) is 57.9 Å². The Balaban J connectivity index is 1.37. The molecule has 0 aliphatic carbocycles. The number of likely N-dealkylation sites (tertiary alicyclic amines) is 1. The highest BCUT2D eigenvalue weighted by Crippen LogP contribution is 2.37. The molecule has 2 amide bonds. The molecule has 0 saturated carbocycles. The molecule has 2 aromatic carbocycles. The number of amides is 2. The largest absolute Gasteiger partial charge is 0.339 e. The fraction of sp³-hybridized carbons (Fsp3) is 0.250. The number of nitriles is 1. The molecule has 3 heterocycles. The zero-order valence-corrected chi connectivity index (χ0v) is 22.7. The fourth-order valence-electron chi connectivity index (χ4n) is 4.50. The third kappa shape index (κ3) is 5.41. The van der Waals surface area contributed by atoms with Gasteiger partial charge in [0.25, 0.3) is 11.8 Å². The lowest BCUT2D eigenvalue weighted by Crippen LogP contribution is -2.29. The molecule has 1 saturated heterocycles. The van der Waals surface area contributed by atoms with Crippen molar-refractivity contribution in [3.63, 3.8) is 0 Å². The van der Waals surface area contributed by atoms with Gasteiger partial charge < -0.3 is 15.5 Å². The maximum atomic E-state index is 13.2. The van der Waals surface area contributed by atoms with Crippen LogP contribution in [0.2, 0.25) is 0 Å². The molecule has 1 aliphatic heterocycles. The van der Waals surface area contributed by atoms with E-state index in [0.717, 1.165) is 51.7 Å². The highest BCUT2D eigenvalue weighted by Gasteiger charge is 2.24. The first-order chi connectivity index (χ1) is 18.5. The Kier molecular flexibility index (Phi) is 7.69. The number of aryl methyl sites for hydroxylation is 1. The Morgan fingerprint density at radius 1 is 1.11 bits per heavy atom. The van der Waals surface area contributed by atoms with E-state index in [2.05, 4.69) is 21.7 Å². The summed E-state index contributed by atoms with van der Waals surface area (Å²) in [6.45, 7) is 3.94. The van der Waals surface area contributed by atoms with E-state index in [0.29, 0.717) is 33.9 Å². The SMILES string of the molecule is CNCc1cc(C)nc(Sc2nc3ccc(NC(=O)c4ccccc4C(=O)N4CCCC4)cc3s2)c1C#N. The Labute approximate surface area is 229 Å². The van der Waals surface area contributed by atoms with Crippen LogP contribution < -0.4 is 10.6 Å². The van der Waals surface area contributed by atoms with Crippen LogP contribution in [0, 0.1) is 18.3 Å². The molecule has 2 aromatic heterocycles. The standard InChI is InChI=1S/C28H26N6O2S2/c1-17-13-18(16-30-2)22(15-29)26(31-17)38-28-33-23-10-9-19(14-24(23)37-28)32-25(35)20-7-3-4-8-21(20)27(36)34-11-5-6-12-34/h3-4,7-10,13-14,30H,5-6,11-12,16H2,1-2H3,(H,32,35). The summed E-state index contributed by atoms with van der Waals surface area (Å²) in [6, 6.07) is 16.7. The lowest BCUT2D eigenvalue weighted by Gasteiger charge is -2.17. The molecule has 10 heteroatoms. The topological polar surface area (TPSA) is 111 Å². The summed E-state index contributed by atoms with van der Waals surface area (Å²) >= 11 is 2.84. The molecular formula is C28H26N6O2S2. The molecule has 0 atom stereocenters. The predicted octanol–water partition coefficient (Wildman–Crippen LogP) is 5.23. The van der Waals surface area contributed by atoms with Gasteiger partial charge in [-0.1, -0.05) is 12.1 Å². The van der Waals surface area contributed by atoms with E-state index in [-0.39, 0.29) is 11.8 Å². The molecule has 1 aliphatic rings. The van der Waals surface area contributed by atoms with E-state index in [9.17, 15) is 14.9 Å². The van der Waals surface area contributed by atoms with Gasteiger partial charge in [0.2, 0.25) is 0 Å². The summed E-state index contributed by atoms with van der Waals surface area (Å²) in [5.41, 5.74) is 4.48. The number of nitrogens with zero attached hydrogens (tertiary/aromatic N) is 4. The third-order valence-corrected chi connectivity index (χ3v) is 8.35. The minimum atomic E-state index is -0.328. The van der Waals surface area contributed by atoms with Crippen molar-refractivity contribution in [2.75, 3.05) is 25.5 Å². The maximum Gasteiger partial charge on any atom is 0.256 e. The van der Waals surface area contributed by atoms with Gasteiger partial charge in [-0.15, -0.1) is 11.3 Å². The van der Waals surface area contributed by atoms with Crippen LogP contribution in [0.25, 0.3) is 10.2 Å². The van der Waals surface area contributed by atoms with E-state index in [1.165, 1.54) is 23.1 Å². The Morgan fingerprint density at radius 3 is 2.61 bits per heavy atom. The van der Waals surface area contributed by atoms with Crippen LogP contribution in [0.4, 0.5) is 5.69 Å². The van der Waals surface area contributed by atoms with Crippen molar-refractivity contribution in [3.05, 3.63) is 76.5 Å². The molecule has 8 nitrogen and oxygen atoms in total. The molecule has 2 N–H and O–H groups in total. The molecule has 0 spiro atoms. The minimum absolute atomic E-state index is 0.104. The van der Waals surface area contributed by atoms with E-state index in [4.69, 9.17) is 4.98 Å². The van der Waals surface area contributed by atoms with Crippen LogP contribution in [-0.4, -0.2) is 46.8 Å². The van der Waals surface area contributed by atoms with Crippen molar-refractivity contribution in [1.29, 1.82) is 5.26 Å². The van der Waals surface area contributed by atoms with Crippen molar-refractivity contribution < 1.29 is 9.59 Å². The molecule has 192 valence electrons. The minimum Gasteiger partial charge on any atom is -0.339 e. The Hall–Kier alpha value is -3.78. The van der Waals surface area contributed by atoms with E-state index >= 15 is 0 Å². The van der Waals surface area contributed by atoms with Gasteiger partial charge in [0.1, 0.15) is 11.1 Å². The summed E-state index contributed by atoms with van der Waals surface area (Å²) in [5.74, 6) is -0.432. The molecule has 38 heavy (non-hydrogen) atoms. The van der Waals surface area contributed by atoms with Crippen LogP contribution in [0.3, 0.4) is 0 Å². The third-order valence-electron chi connectivity index (χ3n) is 6.28. The maximum absolute atomic E-state index is 13.2. The number of hydrogen-bond acceptors (Lipinski definition) is 8. The fourth-order valence-corrected chi connectivity index (χ4v) is 6.68. The number of anilines is 1. The molecule has 0 bridgehead atoms. The number of aromatic nitrogens is 2. The lowest BCUT2D eigenvalue weighted by molar-refractivity contribution is 0.0787. The number of carbonyl (C=O) groups excluding carboxylic acids is 2. The number of nitrogens with one attached hydrogen (secondary N) is 2. The average Bonchev–Trinajstić information content (AvgIpc) is 3.58. The zero-order valence-electron chi connectivity index (χ0n) is 21.1. The summed E-state index contributed by atoms with van der Waals surface area (Å²) in [7, 11) is 1.84. The highest BCUT2D eigenvalue weighted by molar-refractivity contribution is 8.01. The molecule has 0 unspecified atom stereocenters. The van der Waals surface area contributed by atoms with E-state index in [1.807, 2.05) is 32.2 Å². The number of fused-ring (bicyclic) bond motifs is 1. The Morgan fingerprint density at radius 2 is 1.87 bits per heavy atom. The first kappa shape index (κ1) is 25.9. The average molecular weight is 543 g/mol. The monoisotopic (exact) mass is 542 g/mol. The summed E-state index contributed by atoms with van der Waals surface area (Å²) in [5, 5.41) is 16.4. The second kappa shape index (κ2) is 11.3. The van der Waals surface area contributed by atoms with Crippen molar-refractivity contribution in [3.8, 4) is 6.07 Å². The van der Waals surface area contributed by atoms with Crippen LogP contribution in [0.5, 0.6) is 0 Å². The summed E-state index contributed by atoms with van der Waals surface area (Å²) in [4.78, 5) is 37.3.